The third-order valence-corrected chi connectivity index (χ3v) is 3.75. The largest absolute Gasteiger partial charge is 0.484 e. The van der Waals surface area contributed by atoms with Gasteiger partial charge in [0.15, 0.2) is 11.5 Å². The third-order valence-electron chi connectivity index (χ3n) is 3.54. The SMILES string of the molecule is O=C(NC(CO)c1ccccc1)c1cc(COc2cncc(Cl)c2)on1. The minimum atomic E-state index is -0.530. The zero-order valence-electron chi connectivity index (χ0n) is 13.6. The van der Waals surface area contributed by atoms with Crippen LogP contribution in [-0.2, 0) is 6.61 Å². The van der Waals surface area contributed by atoms with Crippen molar-refractivity contribution in [2.45, 2.75) is 12.6 Å². The van der Waals surface area contributed by atoms with E-state index in [0.29, 0.717) is 16.5 Å². The van der Waals surface area contributed by atoms with Crippen molar-refractivity contribution in [3.8, 4) is 5.75 Å². The number of pyridine rings is 1. The predicted octanol–water partition coefficient (Wildman–Crippen LogP) is 2.77. The highest BCUT2D eigenvalue weighted by Gasteiger charge is 2.18. The monoisotopic (exact) mass is 373 g/mol. The van der Waals surface area contributed by atoms with E-state index >= 15 is 0 Å². The quantitative estimate of drug-likeness (QED) is 0.661. The Morgan fingerprint density at radius 3 is 2.81 bits per heavy atom. The van der Waals surface area contributed by atoms with Gasteiger partial charge in [-0.2, -0.15) is 0 Å². The van der Waals surface area contributed by atoms with E-state index in [1.807, 2.05) is 30.3 Å². The third kappa shape index (κ3) is 4.59. The molecule has 0 aliphatic rings. The molecule has 7 nitrogen and oxygen atoms in total. The summed E-state index contributed by atoms with van der Waals surface area (Å²) >= 11 is 5.83. The molecule has 3 rings (SSSR count). The average molecular weight is 374 g/mol. The summed E-state index contributed by atoms with van der Waals surface area (Å²) < 4.78 is 10.6. The summed E-state index contributed by atoms with van der Waals surface area (Å²) in [6, 6.07) is 11.7. The van der Waals surface area contributed by atoms with Crippen molar-refractivity contribution in [2.24, 2.45) is 0 Å². The summed E-state index contributed by atoms with van der Waals surface area (Å²) in [6.45, 7) is -0.157. The zero-order chi connectivity index (χ0) is 18.4. The number of amides is 1. The van der Waals surface area contributed by atoms with Crippen molar-refractivity contribution >= 4 is 17.5 Å². The first-order valence-electron chi connectivity index (χ1n) is 7.81. The van der Waals surface area contributed by atoms with Gasteiger partial charge in [0.25, 0.3) is 5.91 Å². The van der Waals surface area contributed by atoms with Crippen LogP contribution < -0.4 is 10.1 Å². The van der Waals surface area contributed by atoms with Gasteiger partial charge in [-0.25, -0.2) is 0 Å². The standard InChI is InChI=1S/C18H16ClN3O4/c19-13-6-14(9-20-8-13)25-11-15-7-16(22-26-15)18(24)21-17(10-23)12-4-2-1-3-5-12/h1-9,17,23H,10-11H2,(H,21,24). The molecule has 0 fully saturated rings. The normalized spacial score (nSPS) is 11.8. The van der Waals surface area contributed by atoms with Gasteiger partial charge < -0.3 is 19.7 Å². The van der Waals surface area contributed by atoms with E-state index in [0.717, 1.165) is 5.56 Å². The van der Waals surface area contributed by atoms with Crippen molar-refractivity contribution in [1.29, 1.82) is 0 Å². The molecule has 134 valence electrons. The Hall–Kier alpha value is -2.90. The summed E-state index contributed by atoms with van der Waals surface area (Å²) in [5.41, 5.74) is 0.894. The lowest BCUT2D eigenvalue weighted by Crippen LogP contribution is -2.30. The maximum absolute atomic E-state index is 12.3. The number of hydrogen-bond acceptors (Lipinski definition) is 6. The second-order valence-corrected chi connectivity index (χ2v) is 5.86. The number of carbonyl (C=O) groups is 1. The smallest absolute Gasteiger partial charge is 0.274 e. The molecule has 26 heavy (non-hydrogen) atoms. The number of carbonyl (C=O) groups excluding carboxylic acids is 1. The van der Waals surface area contributed by atoms with Crippen molar-refractivity contribution in [3.63, 3.8) is 0 Å². The predicted molar refractivity (Wildman–Crippen MR) is 93.8 cm³/mol. The van der Waals surface area contributed by atoms with Crippen LogP contribution in [-0.4, -0.2) is 27.8 Å². The molecule has 1 amide bonds. The number of hydrogen-bond donors (Lipinski definition) is 2. The van der Waals surface area contributed by atoms with E-state index in [9.17, 15) is 9.90 Å². The first-order chi connectivity index (χ1) is 12.7. The van der Waals surface area contributed by atoms with Gasteiger partial charge in [-0.3, -0.25) is 9.78 Å². The summed E-state index contributed by atoms with van der Waals surface area (Å²) in [6.07, 6.45) is 3.01. The molecule has 2 N–H and O–H groups in total. The molecular weight excluding hydrogens is 358 g/mol. The molecular formula is C18H16ClN3O4. The van der Waals surface area contributed by atoms with Gasteiger partial charge in [0.2, 0.25) is 0 Å². The molecule has 0 spiro atoms. The fourth-order valence-corrected chi connectivity index (χ4v) is 2.43. The highest BCUT2D eigenvalue weighted by Crippen LogP contribution is 2.17. The van der Waals surface area contributed by atoms with Crippen LogP contribution in [0.15, 0.2) is 59.4 Å². The number of halogens is 1. The molecule has 0 aliphatic carbocycles. The van der Waals surface area contributed by atoms with Crippen LogP contribution in [0.25, 0.3) is 0 Å². The summed E-state index contributed by atoms with van der Waals surface area (Å²) in [7, 11) is 0. The zero-order valence-corrected chi connectivity index (χ0v) is 14.4. The van der Waals surface area contributed by atoms with Crippen LogP contribution in [0.1, 0.15) is 27.9 Å². The lowest BCUT2D eigenvalue weighted by molar-refractivity contribution is 0.0906. The van der Waals surface area contributed by atoms with E-state index in [1.54, 1.807) is 6.07 Å². The van der Waals surface area contributed by atoms with Crippen LogP contribution in [0, 0.1) is 0 Å². The highest BCUT2D eigenvalue weighted by atomic mass is 35.5. The first kappa shape index (κ1) is 17.9. The Balaban J connectivity index is 1.60. The van der Waals surface area contributed by atoms with Gasteiger partial charge in [-0.05, 0) is 5.56 Å². The molecule has 0 radical (unpaired) electrons. The second kappa shape index (κ2) is 8.46. The van der Waals surface area contributed by atoms with Crippen LogP contribution in [0.5, 0.6) is 5.75 Å². The second-order valence-electron chi connectivity index (χ2n) is 5.43. The van der Waals surface area contributed by atoms with Gasteiger partial charge in [0.05, 0.1) is 23.9 Å². The minimum Gasteiger partial charge on any atom is -0.484 e. The molecule has 2 heterocycles. The van der Waals surface area contributed by atoms with Gasteiger partial charge >= 0.3 is 0 Å². The number of aliphatic hydroxyl groups is 1. The number of aliphatic hydroxyl groups excluding tert-OH is 1. The Morgan fingerprint density at radius 2 is 2.08 bits per heavy atom. The number of aromatic nitrogens is 2. The van der Waals surface area contributed by atoms with Gasteiger partial charge in [0, 0.05) is 18.3 Å². The average Bonchev–Trinajstić information content (AvgIpc) is 3.14. The Kier molecular flexibility index (Phi) is 5.83. The maximum atomic E-state index is 12.3. The molecule has 2 aromatic heterocycles. The summed E-state index contributed by atoms with van der Waals surface area (Å²) in [5, 5.41) is 16.4. The Morgan fingerprint density at radius 1 is 1.27 bits per heavy atom. The number of rotatable bonds is 7. The number of ether oxygens (including phenoxy) is 1. The summed E-state index contributed by atoms with van der Waals surface area (Å²) in [4.78, 5) is 16.2. The number of nitrogens with one attached hydrogen (secondary N) is 1. The Bertz CT molecular complexity index is 870. The lowest BCUT2D eigenvalue weighted by Gasteiger charge is -2.15. The van der Waals surface area contributed by atoms with Crippen LogP contribution in [0.4, 0.5) is 0 Å². The molecule has 1 atom stereocenters. The van der Waals surface area contributed by atoms with E-state index in [2.05, 4.69) is 15.5 Å². The number of benzene rings is 1. The lowest BCUT2D eigenvalue weighted by atomic mass is 10.1. The minimum absolute atomic E-state index is 0.0738. The van der Waals surface area contributed by atoms with Gasteiger partial charge in [0.1, 0.15) is 12.4 Å². The molecule has 0 aliphatic heterocycles. The highest BCUT2D eigenvalue weighted by molar-refractivity contribution is 6.30. The van der Waals surface area contributed by atoms with Gasteiger partial charge in [-0.15, -0.1) is 0 Å². The molecule has 3 aromatic rings. The van der Waals surface area contributed by atoms with Crippen LogP contribution in [0.3, 0.4) is 0 Å². The fourth-order valence-electron chi connectivity index (χ4n) is 2.27. The topological polar surface area (TPSA) is 97.5 Å². The van der Waals surface area contributed by atoms with E-state index in [-0.39, 0.29) is 18.9 Å². The molecule has 0 bridgehead atoms. The maximum Gasteiger partial charge on any atom is 0.274 e. The van der Waals surface area contributed by atoms with Crippen LogP contribution >= 0.6 is 11.6 Å². The van der Waals surface area contributed by atoms with E-state index in [4.69, 9.17) is 20.9 Å². The van der Waals surface area contributed by atoms with Crippen molar-refractivity contribution in [2.75, 3.05) is 6.61 Å². The molecule has 1 aromatic carbocycles. The van der Waals surface area contributed by atoms with Crippen LogP contribution in [0.2, 0.25) is 5.02 Å². The van der Waals surface area contributed by atoms with Gasteiger partial charge in [-0.1, -0.05) is 47.1 Å². The van der Waals surface area contributed by atoms with E-state index < -0.39 is 11.9 Å². The summed E-state index contributed by atoms with van der Waals surface area (Å²) in [5.74, 6) is 0.395. The van der Waals surface area contributed by atoms with Crippen molar-refractivity contribution in [3.05, 3.63) is 76.9 Å². The van der Waals surface area contributed by atoms with Crippen molar-refractivity contribution < 1.29 is 19.2 Å². The molecule has 0 saturated heterocycles. The molecule has 1 unspecified atom stereocenters. The van der Waals surface area contributed by atoms with E-state index in [1.165, 1.54) is 18.5 Å². The van der Waals surface area contributed by atoms with Crippen molar-refractivity contribution in [1.82, 2.24) is 15.5 Å². The first-order valence-corrected chi connectivity index (χ1v) is 8.19. The molecule has 8 heteroatoms. The molecule has 0 saturated carbocycles. The Labute approximate surface area is 154 Å². The fraction of sp³-hybridized carbons (Fsp3) is 0.167. The number of nitrogens with zero attached hydrogens (tertiary/aromatic N) is 2.